The van der Waals surface area contributed by atoms with Gasteiger partial charge in [0.25, 0.3) is 0 Å². The van der Waals surface area contributed by atoms with Crippen LogP contribution in [0.25, 0.3) is 0 Å². The number of aryl methyl sites for hydroxylation is 2. The normalized spacial score (nSPS) is 10.2. The first kappa shape index (κ1) is 11.4. The van der Waals surface area contributed by atoms with Crippen molar-refractivity contribution in [2.24, 2.45) is 0 Å². The lowest BCUT2D eigenvalue weighted by atomic mass is 10.1. The molecule has 0 aliphatic heterocycles. The van der Waals surface area contributed by atoms with E-state index in [1.54, 1.807) is 12.4 Å². The van der Waals surface area contributed by atoms with Crippen LogP contribution in [0.1, 0.15) is 16.8 Å². The third-order valence-corrected chi connectivity index (χ3v) is 2.58. The van der Waals surface area contributed by atoms with Crippen molar-refractivity contribution >= 4 is 11.5 Å². The Balaban J connectivity index is 2.07. The van der Waals surface area contributed by atoms with Gasteiger partial charge in [-0.2, -0.15) is 0 Å². The minimum Gasteiger partial charge on any atom is -0.382 e. The number of nitrogens with one attached hydrogen (secondary N) is 1. The van der Waals surface area contributed by atoms with Crippen LogP contribution < -0.4 is 11.1 Å². The minimum atomic E-state index is 0.445. The molecule has 1 heterocycles. The van der Waals surface area contributed by atoms with E-state index >= 15 is 0 Å². The summed E-state index contributed by atoms with van der Waals surface area (Å²) in [5.41, 5.74) is 9.95. The van der Waals surface area contributed by atoms with Crippen molar-refractivity contribution in [1.82, 2.24) is 9.97 Å². The zero-order valence-electron chi connectivity index (χ0n) is 10.1. The molecular weight excluding hydrogens is 212 g/mol. The number of benzene rings is 1. The third-order valence-electron chi connectivity index (χ3n) is 2.58. The topological polar surface area (TPSA) is 63.8 Å². The van der Waals surface area contributed by atoms with Gasteiger partial charge >= 0.3 is 0 Å². The summed E-state index contributed by atoms with van der Waals surface area (Å²) < 4.78 is 0. The van der Waals surface area contributed by atoms with E-state index in [9.17, 15) is 0 Å². The Hall–Kier alpha value is -2.10. The molecular formula is C13H16N4. The maximum Gasteiger partial charge on any atom is 0.141 e. The first-order valence-corrected chi connectivity index (χ1v) is 5.52. The Labute approximate surface area is 101 Å². The first-order chi connectivity index (χ1) is 8.15. The number of nitrogen functional groups attached to an aromatic ring is 1. The van der Waals surface area contributed by atoms with Gasteiger partial charge in [0.2, 0.25) is 0 Å². The van der Waals surface area contributed by atoms with Gasteiger partial charge in [0.15, 0.2) is 0 Å². The van der Waals surface area contributed by atoms with E-state index in [4.69, 9.17) is 5.73 Å². The highest BCUT2D eigenvalue weighted by Gasteiger charge is 1.99. The van der Waals surface area contributed by atoms with E-state index in [0.717, 1.165) is 11.4 Å². The monoisotopic (exact) mass is 228 g/mol. The quantitative estimate of drug-likeness (QED) is 0.846. The highest BCUT2D eigenvalue weighted by molar-refractivity contribution is 5.52. The summed E-state index contributed by atoms with van der Waals surface area (Å²) in [6.45, 7) is 4.81. The van der Waals surface area contributed by atoms with Crippen molar-refractivity contribution in [2.75, 3.05) is 11.1 Å². The molecule has 0 unspecified atom stereocenters. The largest absolute Gasteiger partial charge is 0.382 e. The van der Waals surface area contributed by atoms with Gasteiger partial charge in [-0.1, -0.05) is 12.1 Å². The molecule has 0 radical (unpaired) electrons. The predicted molar refractivity (Wildman–Crippen MR) is 69.7 cm³/mol. The number of hydrogen-bond acceptors (Lipinski definition) is 4. The number of aromatic nitrogens is 2. The predicted octanol–water partition coefficient (Wildman–Crippen LogP) is 2.29. The van der Waals surface area contributed by atoms with Crippen LogP contribution in [-0.2, 0) is 6.54 Å². The summed E-state index contributed by atoms with van der Waals surface area (Å²) in [6, 6.07) is 6.33. The summed E-state index contributed by atoms with van der Waals surface area (Å²) in [4.78, 5) is 8.20. The van der Waals surface area contributed by atoms with Crippen molar-refractivity contribution in [3.8, 4) is 0 Å². The van der Waals surface area contributed by atoms with E-state index in [2.05, 4.69) is 47.3 Å². The van der Waals surface area contributed by atoms with Gasteiger partial charge in [0.1, 0.15) is 5.82 Å². The highest BCUT2D eigenvalue weighted by atomic mass is 14.9. The van der Waals surface area contributed by atoms with Crippen LogP contribution in [0.15, 0.2) is 30.6 Å². The fourth-order valence-electron chi connectivity index (χ4n) is 1.57. The Kier molecular flexibility index (Phi) is 3.23. The Morgan fingerprint density at radius 2 is 2.00 bits per heavy atom. The fraction of sp³-hybridized carbons (Fsp3) is 0.231. The Bertz CT molecular complexity index is 505. The van der Waals surface area contributed by atoms with Gasteiger partial charge < -0.3 is 11.1 Å². The van der Waals surface area contributed by atoms with Crippen LogP contribution in [0.5, 0.6) is 0 Å². The number of nitrogens with two attached hydrogens (primary N) is 1. The zero-order valence-corrected chi connectivity index (χ0v) is 10.1. The molecule has 1 aromatic carbocycles. The zero-order chi connectivity index (χ0) is 12.3. The first-order valence-electron chi connectivity index (χ1n) is 5.52. The number of hydrogen-bond donors (Lipinski definition) is 2. The molecule has 4 heteroatoms. The standard InChI is InChI=1S/C13H16N4/c1-9-3-4-10(2)12(5-9)16-6-11-7-17-13(14)8-15-11/h3-5,7-8,16H,6H2,1-2H3,(H2,14,17). The van der Waals surface area contributed by atoms with Gasteiger partial charge in [-0.15, -0.1) is 0 Å². The smallest absolute Gasteiger partial charge is 0.141 e. The summed E-state index contributed by atoms with van der Waals surface area (Å²) in [6.07, 6.45) is 3.26. The molecule has 2 rings (SSSR count). The van der Waals surface area contributed by atoms with Gasteiger partial charge in [-0.05, 0) is 31.0 Å². The molecule has 2 aromatic rings. The van der Waals surface area contributed by atoms with Gasteiger partial charge in [0, 0.05) is 5.69 Å². The molecule has 88 valence electrons. The molecule has 0 fully saturated rings. The maximum absolute atomic E-state index is 5.48. The molecule has 0 spiro atoms. The van der Waals surface area contributed by atoms with Crippen LogP contribution in [0.3, 0.4) is 0 Å². The minimum absolute atomic E-state index is 0.445. The fourth-order valence-corrected chi connectivity index (χ4v) is 1.57. The van der Waals surface area contributed by atoms with Gasteiger partial charge in [-0.3, -0.25) is 4.98 Å². The number of nitrogens with zero attached hydrogens (tertiary/aromatic N) is 2. The van der Waals surface area contributed by atoms with Gasteiger partial charge in [-0.25, -0.2) is 4.98 Å². The molecule has 0 saturated heterocycles. The second-order valence-corrected chi connectivity index (χ2v) is 4.10. The molecule has 0 atom stereocenters. The average Bonchev–Trinajstić information content (AvgIpc) is 2.32. The van der Waals surface area contributed by atoms with Crippen LogP contribution in [0.2, 0.25) is 0 Å². The second-order valence-electron chi connectivity index (χ2n) is 4.10. The summed E-state index contributed by atoms with van der Waals surface area (Å²) >= 11 is 0. The van der Waals surface area contributed by atoms with E-state index < -0.39 is 0 Å². The summed E-state index contributed by atoms with van der Waals surface area (Å²) in [5, 5.41) is 3.35. The molecule has 17 heavy (non-hydrogen) atoms. The van der Waals surface area contributed by atoms with Gasteiger partial charge in [0.05, 0.1) is 24.6 Å². The van der Waals surface area contributed by atoms with E-state index in [1.807, 2.05) is 0 Å². The van der Waals surface area contributed by atoms with Crippen molar-refractivity contribution in [2.45, 2.75) is 20.4 Å². The summed E-state index contributed by atoms with van der Waals surface area (Å²) in [7, 11) is 0. The molecule has 0 aliphatic rings. The Morgan fingerprint density at radius 1 is 1.18 bits per heavy atom. The lowest BCUT2D eigenvalue weighted by molar-refractivity contribution is 1.01. The van der Waals surface area contributed by atoms with Crippen molar-refractivity contribution < 1.29 is 0 Å². The van der Waals surface area contributed by atoms with E-state index in [1.165, 1.54) is 11.1 Å². The van der Waals surface area contributed by atoms with Crippen LogP contribution in [0.4, 0.5) is 11.5 Å². The number of rotatable bonds is 3. The van der Waals surface area contributed by atoms with Crippen LogP contribution in [-0.4, -0.2) is 9.97 Å². The second kappa shape index (κ2) is 4.82. The third kappa shape index (κ3) is 2.93. The molecule has 1 aromatic heterocycles. The van der Waals surface area contributed by atoms with Crippen molar-refractivity contribution in [3.63, 3.8) is 0 Å². The molecule has 0 bridgehead atoms. The van der Waals surface area contributed by atoms with Crippen LogP contribution >= 0.6 is 0 Å². The SMILES string of the molecule is Cc1ccc(C)c(NCc2cnc(N)cn2)c1. The van der Waals surface area contributed by atoms with Crippen LogP contribution in [0, 0.1) is 13.8 Å². The van der Waals surface area contributed by atoms with Crippen molar-refractivity contribution in [1.29, 1.82) is 0 Å². The lowest BCUT2D eigenvalue weighted by Crippen LogP contribution is -2.04. The number of anilines is 2. The average molecular weight is 228 g/mol. The molecule has 0 amide bonds. The molecule has 0 saturated carbocycles. The molecule has 0 aliphatic carbocycles. The summed E-state index contributed by atoms with van der Waals surface area (Å²) in [5.74, 6) is 0.445. The lowest BCUT2D eigenvalue weighted by Gasteiger charge is -2.09. The van der Waals surface area contributed by atoms with E-state index in [-0.39, 0.29) is 0 Å². The van der Waals surface area contributed by atoms with E-state index in [0.29, 0.717) is 12.4 Å². The molecule has 4 nitrogen and oxygen atoms in total. The highest BCUT2D eigenvalue weighted by Crippen LogP contribution is 2.16. The van der Waals surface area contributed by atoms with Crippen molar-refractivity contribution in [3.05, 3.63) is 47.4 Å². The molecule has 3 N–H and O–H groups in total. The maximum atomic E-state index is 5.48. The Morgan fingerprint density at radius 3 is 2.71 bits per heavy atom.